The molecular weight excluding hydrogens is 352 g/mol. The van der Waals surface area contributed by atoms with Crippen molar-refractivity contribution in [3.63, 3.8) is 0 Å². The van der Waals surface area contributed by atoms with Gasteiger partial charge in [0.15, 0.2) is 0 Å². The van der Waals surface area contributed by atoms with E-state index in [9.17, 15) is 9.59 Å². The maximum atomic E-state index is 13.0. The first-order chi connectivity index (χ1) is 13.6. The van der Waals surface area contributed by atoms with Crippen LogP contribution in [0.2, 0.25) is 0 Å². The van der Waals surface area contributed by atoms with Crippen LogP contribution >= 0.6 is 0 Å². The molecule has 5 rings (SSSR count). The Morgan fingerprint density at radius 2 is 1.89 bits per heavy atom. The van der Waals surface area contributed by atoms with Gasteiger partial charge in [-0.3, -0.25) is 9.59 Å². The summed E-state index contributed by atoms with van der Waals surface area (Å²) in [6.45, 7) is 3.86. The predicted octanol–water partition coefficient (Wildman–Crippen LogP) is 1.95. The average molecular weight is 380 g/mol. The van der Waals surface area contributed by atoms with E-state index in [4.69, 9.17) is 0 Å². The van der Waals surface area contributed by atoms with Crippen LogP contribution in [0.25, 0.3) is 0 Å². The summed E-state index contributed by atoms with van der Waals surface area (Å²) in [4.78, 5) is 29.1. The Morgan fingerprint density at radius 1 is 1.07 bits per heavy atom. The zero-order chi connectivity index (χ0) is 19.5. The molecule has 2 bridgehead atoms. The molecule has 6 heteroatoms. The molecule has 0 radical (unpaired) electrons. The minimum Gasteiger partial charge on any atom is -0.333 e. The van der Waals surface area contributed by atoms with E-state index in [1.807, 2.05) is 4.90 Å². The lowest BCUT2D eigenvalue weighted by atomic mass is 9.94. The molecule has 1 amide bonds. The van der Waals surface area contributed by atoms with Crippen LogP contribution in [0.3, 0.4) is 0 Å². The zero-order valence-electron chi connectivity index (χ0n) is 16.5. The van der Waals surface area contributed by atoms with Gasteiger partial charge in [-0.05, 0) is 49.8 Å². The van der Waals surface area contributed by atoms with Gasteiger partial charge in [0.2, 0.25) is 0 Å². The van der Waals surface area contributed by atoms with Crippen molar-refractivity contribution in [2.24, 2.45) is 13.0 Å². The van der Waals surface area contributed by atoms with Crippen molar-refractivity contribution >= 4 is 5.91 Å². The minimum atomic E-state index is -0.196. The molecule has 1 aromatic carbocycles. The predicted molar refractivity (Wildman–Crippen MR) is 108 cm³/mol. The fourth-order valence-corrected chi connectivity index (χ4v) is 4.53. The standard InChI is InChI=1S/C22H28N4O2/c1-24-21(27)12-11-20(23-24)22(28)26-15-18-9-10-19(26)16-25(14-18)13-5-8-17-6-3-2-4-7-17/h2-4,6-7,11-12,18-19H,5,8-10,13-16H2,1H3/t18-,19+/m0/s1. The first-order valence-corrected chi connectivity index (χ1v) is 10.2. The highest BCUT2D eigenvalue weighted by atomic mass is 16.2. The molecule has 3 aliphatic heterocycles. The van der Waals surface area contributed by atoms with Crippen molar-refractivity contribution in [3.05, 3.63) is 64.1 Å². The van der Waals surface area contributed by atoms with Crippen LogP contribution in [-0.4, -0.2) is 57.7 Å². The molecule has 3 aliphatic rings. The van der Waals surface area contributed by atoms with Crippen molar-refractivity contribution in [2.45, 2.75) is 31.7 Å². The Morgan fingerprint density at radius 3 is 2.68 bits per heavy atom. The number of hydrogen-bond acceptors (Lipinski definition) is 4. The van der Waals surface area contributed by atoms with E-state index in [1.165, 1.54) is 22.7 Å². The van der Waals surface area contributed by atoms with Crippen molar-refractivity contribution in [3.8, 4) is 0 Å². The van der Waals surface area contributed by atoms with Crippen LogP contribution in [-0.2, 0) is 13.5 Å². The molecule has 0 saturated carbocycles. The number of benzene rings is 1. The Balaban J connectivity index is 1.39. The van der Waals surface area contributed by atoms with E-state index in [1.54, 1.807) is 13.1 Å². The zero-order valence-corrected chi connectivity index (χ0v) is 16.5. The summed E-state index contributed by atoms with van der Waals surface area (Å²) in [5.41, 5.74) is 1.56. The fraction of sp³-hybridized carbons (Fsp3) is 0.500. The number of aromatic nitrogens is 2. The highest BCUT2D eigenvalue weighted by Gasteiger charge is 2.37. The number of nitrogens with zero attached hydrogens (tertiary/aromatic N) is 4. The molecule has 2 atom stereocenters. The Kier molecular flexibility index (Phi) is 5.57. The van der Waals surface area contributed by atoms with Gasteiger partial charge in [0.25, 0.3) is 11.5 Å². The molecule has 28 heavy (non-hydrogen) atoms. The second-order valence-electron chi connectivity index (χ2n) is 8.08. The van der Waals surface area contributed by atoms with Gasteiger partial charge in [0, 0.05) is 38.8 Å². The summed E-state index contributed by atoms with van der Waals surface area (Å²) in [5, 5.41) is 4.16. The molecule has 0 unspecified atom stereocenters. The molecule has 3 fully saturated rings. The summed E-state index contributed by atoms with van der Waals surface area (Å²) in [5.74, 6) is 0.475. The van der Waals surface area contributed by atoms with Crippen molar-refractivity contribution in [1.29, 1.82) is 0 Å². The van der Waals surface area contributed by atoms with Crippen molar-refractivity contribution < 1.29 is 4.79 Å². The first-order valence-electron chi connectivity index (χ1n) is 10.2. The van der Waals surface area contributed by atoms with Crippen LogP contribution in [0.1, 0.15) is 35.3 Å². The summed E-state index contributed by atoms with van der Waals surface area (Å²) in [6, 6.07) is 13.8. The molecular formula is C22H28N4O2. The van der Waals surface area contributed by atoms with Gasteiger partial charge >= 0.3 is 0 Å². The quantitative estimate of drug-likeness (QED) is 0.796. The lowest BCUT2D eigenvalue weighted by Crippen LogP contribution is -2.48. The molecule has 0 N–H and O–H groups in total. The third kappa shape index (κ3) is 4.17. The van der Waals surface area contributed by atoms with Gasteiger partial charge in [0.05, 0.1) is 0 Å². The fourth-order valence-electron chi connectivity index (χ4n) is 4.53. The van der Waals surface area contributed by atoms with Crippen LogP contribution in [0.5, 0.6) is 0 Å². The van der Waals surface area contributed by atoms with Crippen LogP contribution in [0, 0.1) is 5.92 Å². The number of piperidine rings is 1. The van der Waals surface area contributed by atoms with Gasteiger partial charge in [-0.25, -0.2) is 4.68 Å². The largest absolute Gasteiger partial charge is 0.333 e. The topological polar surface area (TPSA) is 58.4 Å². The maximum Gasteiger partial charge on any atom is 0.274 e. The van der Waals surface area contributed by atoms with Crippen molar-refractivity contribution in [1.82, 2.24) is 19.6 Å². The SMILES string of the molecule is Cn1nc(C(=O)N2C[C@H]3CC[C@@H]2CN(CCCc2ccccc2)C3)ccc1=O. The van der Waals surface area contributed by atoms with E-state index >= 15 is 0 Å². The third-order valence-corrected chi connectivity index (χ3v) is 6.01. The molecule has 0 spiro atoms. The van der Waals surface area contributed by atoms with Gasteiger partial charge in [-0.1, -0.05) is 30.3 Å². The molecule has 6 nitrogen and oxygen atoms in total. The Labute approximate surface area is 165 Å². The monoisotopic (exact) mass is 380 g/mol. The number of hydrogen-bond donors (Lipinski definition) is 0. The van der Waals surface area contributed by atoms with Crippen molar-refractivity contribution in [2.75, 3.05) is 26.2 Å². The van der Waals surface area contributed by atoms with E-state index in [0.717, 1.165) is 45.4 Å². The molecule has 3 saturated heterocycles. The van der Waals surface area contributed by atoms with Gasteiger partial charge in [-0.2, -0.15) is 5.10 Å². The van der Waals surface area contributed by atoms with E-state index < -0.39 is 0 Å². The number of amides is 1. The normalized spacial score (nSPS) is 22.2. The molecule has 2 aromatic rings. The van der Waals surface area contributed by atoms with Crippen LogP contribution in [0.15, 0.2) is 47.3 Å². The average Bonchev–Trinajstić information content (AvgIpc) is 3.01. The van der Waals surface area contributed by atoms with Gasteiger partial charge in [-0.15, -0.1) is 0 Å². The van der Waals surface area contributed by atoms with E-state index in [2.05, 4.69) is 40.3 Å². The number of rotatable bonds is 5. The van der Waals surface area contributed by atoms with E-state index in [-0.39, 0.29) is 17.5 Å². The second kappa shape index (κ2) is 8.27. The smallest absolute Gasteiger partial charge is 0.274 e. The third-order valence-electron chi connectivity index (χ3n) is 6.01. The number of fused-ring (bicyclic) bond motifs is 4. The van der Waals surface area contributed by atoms with Gasteiger partial charge in [0.1, 0.15) is 5.69 Å². The number of carbonyl (C=O) groups excluding carboxylic acids is 1. The lowest BCUT2D eigenvalue weighted by molar-refractivity contribution is 0.0576. The van der Waals surface area contributed by atoms with Crippen LogP contribution in [0.4, 0.5) is 0 Å². The molecule has 0 aliphatic carbocycles. The summed E-state index contributed by atoms with van der Waals surface area (Å²) in [7, 11) is 1.59. The van der Waals surface area contributed by atoms with Crippen LogP contribution < -0.4 is 5.56 Å². The summed E-state index contributed by atoms with van der Waals surface area (Å²) < 4.78 is 1.24. The molecule has 148 valence electrons. The number of aryl methyl sites for hydroxylation is 2. The van der Waals surface area contributed by atoms with Gasteiger partial charge < -0.3 is 9.80 Å². The highest BCUT2D eigenvalue weighted by molar-refractivity contribution is 5.92. The highest BCUT2D eigenvalue weighted by Crippen LogP contribution is 2.29. The summed E-state index contributed by atoms with van der Waals surface area (Å²) >= 11 is 0. The Bertz CT molecular complexity index is 880. The molecule has 1 aromatic heterocycles. The first kappa shape index (κ1) is 18.9. The van der Waals surface area contributed by atoms with E-state index in [0.29, 0.717) is 11.6 Å². The Hall–Kier alpha value is -2.47. The lowest BCUT2D eigenvalue weighted by Gasteiger charge is -2.36. The number of carbonyl (C=O) groups is 1. The second-order valence-corrected chi connectivity index (χ2v) is 8.08. The minimum absolute atomic E-state index is 0.0450. The maximum absolute atomic E-state index is 13.0. The summed E-state index contributed by atoms with van der Waals surface area (Å²) in [6.07, 6.45) is 4.47. The molecule has 4 heterocycles.